The van der Waals surface area contributed by atoms with E-state index in [0.717, 1.165) is 22.7 Å². The summed E-state index contributed by atoms with van der Waals surface area (Å²) in [5.41, 5.74) is 3.53. The van der Waals surface area contributed by atoms with E-state index in [1.165, 1.54) is 7.11 Å². The predicted octanol–water partition coefficient (Wildman–Crippen LogP) is 4.00. The number of Topliss-reactive ketones (excluding diaryl/α,β-unsaturated/α-hetero) is 1. The molecule has 0 saturated carbocycles. The van der Waals surface area contributed by atoms with Crippen molar-refractivity contribution in [3.8, 4) is 11.5 Å². The first-order valence-corrected chi connectivity index (χ1v) is 8.65. The number of hydrogen-bond donors (Lipinski definition) is 2. The molecule has 6 nitrogen and oxygen atoms in total. The van der Waals surface area contributed by atoms with Crippen LogP contribution in [0, 0.1) is 0 Å². The number of methoxy groups -OCH3 is 2. The molecular formula is C21H22N2O4. The number of rotatable bonds is 6. The highest BCUT2D eigenvalue weighted by Gasteiger charge is 2.20. The van der Waals surface area contributed by atoms with Gasteiger partial charge in [-0.15, -0.1) is 0 Å². The Labute approximate surface area is 158 Å². The fraction of sp³-hybridized carbons (Fsp3) is 0.238. The molecule has 1 aliphatic carbocycles. The first-order valence-electron chi connectivity index (χ1n) is 8.65. The lowest BCUT2D eigenvalue weighted by Gasteiger charge is -2.13. The zero-order valence-corrected chi connectivity index (χ0v) is 15.6. The summed E-state index contributed by atoms with van der Waals surface area (Å²) >= 11 is 0. The van der Waals surface area contributed by atoms with Gasteiger partial charge in [-0.05, 0) is 49.7 Å². The molecule has 6 heteroatoms. The third-order valence-electron chi connectivity index (χ3n) is 4.56. The number of ketones is 1. The normalized spacial score (nSPS) is 13.5. The van der Waals surface area contributed by atoms with Gasteiger partial charge in [-0.3, -0.25) is 9.59 Å². The second kappa shape index (κ2) is 7.95. The second-order valence-electron chi connectivity index (χ2n) is 6.25. The molecule has 1 amide bonds. The summed E-state index contributed by atoms with van der Waals surface area (Å²) in [5, 5.41) is 6.10. The summed E-state index contributed by atoms with van der Waals surface area (Å²) < 4.78 is 10.5. The van der Waals surface area contributed by atoms with Crippen molar-refractivity contribution < 1.29 is 19.1 Å². The molecule has 0 heterocycles. The van der Waals surface area contributed by atoms with Crippen LogP contribution in [-0.4, -0.2) is 25.9 Å². The molecule has 1 aliphatic rings. The fourth-order valence-corrected chi connectivity index (χ4v) is 2.94. The molecule has 140 valence electrons. The van der Waals surface area contributed by atoms with Crippen LogP contribution in [0.1, 0.15) is 30.1 Å². The Morgan fingerprint density at radius 1 is 0.963 bits per heavy atom. The minimum Gasteiger partial charge on any atom is -0.497 e. The van der Waals surface area contributed by atoms with E-state index in [0.29, 0.717) is 29.8 Å². The first kappa shape index (κ1) is 18.5. The Morgan fingerprint density at radius 3 is 2.26 bits per heavy atom. The van der Waals surface area contributed by atoms with Crippen molar-refractivity contribution in [2.45, 2.75) is 19.8 Å². The van der Waals surface area contributed by atoms with E-state index in [-0.39, 0.29) is 11.7 Å². The van der Waals surface area contributed by atoms with Crippen LogP contribution in [0.5, 0.6) is 11.5 Å². The molecule has 0 unspecified atom stereocenters. The maximum atomic E-state index is 12.6. The molecule has 2 aromatic carbocycles. The van der Waals surface area contributed by atoms with Gasteiger partial charge in [0.1, 0.15) is 11.5 Å². The van der Waals surface area contributed by atoms with Crippen LogP contribution < -0.4 is 20.1 Å². The molecule has 0 atom stereocenters. The molecule has 0 aliphatic heterocycles. The van der Waals surface area contributed by atoms with E-state index in [9.17, 15) is 9.59 Å². The van der Waals surface area contributed by atoms with E-state index >= 15 is 0 Å². The molecule has 0 spiro atoms. The van der Waals surface area contributed by atoms with E-state index in [4.69, 9.17) is 9.47 Å². The van der Waals surface area contributed by atoms with Crippen LogP contribution in [0.2, 0.25) is 0 Å². The summed E-state index contributed by atoms with van der Waals surface area (Å²) in [6.45, 7) is 1.82. The van der Waals surface area contributed by atoms with Crippen molar-refractivity contribution in [3.05, 3.63) is 59.3 Å². The maximum absolute atomic E-state index is 12.6. The number of nitrogens with one attached hydrogen (secondary N) is 2. The maximum Gasteiger partial charge on any atom is 0.259 e. The highest BCUT2D eigenvalue weighted by Crippen LogP contribution is 2.29. The monoisotopic (exact) mass is 366 g/mol. The van der Waals surface area contributed by atoms with Gasteiger partial charge in [0, 0.05) is 35.1 Å². The number of ether oxygens (including phenoxy) is 2. The minimum atomic E-state index is -0.269. The Morgan fingerprint density at radius 2 is 1.67 bits per heavy atom. The molecule has 0 fully saturated rings. The van der Waals surface area contributed by atoms with E-state index in [1.54, 1.807) is 49.6 Å². The van der Waals surface area contributed by atoms with Crippen molar-refractivity contribution in [2.75, 3.05) is 24.9 Å². The van der Waals surface area contributed by atoms with Crippen LogP contribution in [-0.2, 0) is 4.79 Å². The minimum absolute atomic E-state index is 0.167. The van der Waals surface area contributed by atoms with Gasteiger partial charge in [0.15, 0.2) is 5.78 Å². The molecule has 0 saturated heterocycles. The van der Waals surface area contributed by atoms with Crippen LogP contribution in [0.25, 0.3) is 0 Å². The number of carbonyl (C=O) groups excluding carboxylic acids is 2. The number of hydrogen-bond acceptors (Lipinski definition) is 5. The zero-order valence-electron chi connectivity index (χ0n) is 15.6. The third kappa shape index (κ3) is 4.11. The highest BCUT2D eigenvalue weighted by molar-refractivity contribution is 6.06. The standard InChI is InChI=1S/C21H22N2O4/c1-13-18(10-11-19(13)24)22-15-6-9-17(20(12-15)27-3)21(25)23-14-4-7-16(26-2)8-5-14/h4-9,12,22H,10-11H2,1-3H3,(H,23,25). The van der Waals surface area contributed by atoms with Gasteiger partial charge in [-0.25, -0.2) is 0 Å². The van der Waals surface area contributed by atoms with Gasteiger partial charge in [0.25, 0.3) is 5.91 Å². The van der Waals surface area contributed by atoms with E-state index in [2.05, 4.69) is 10.6 Å². The summed E-state index contributed by atoms with van der Waals surface area (Å²) in [4.78, 5) is 24.3. The average Bonchev–Trinajstić information content (AvgIpc) is 3.00. The van der Waals surface area contributed by atoms with Gasteiger partial charge in [0.05, 0.1) is 19.8 Å². The summed E-state index contributed by atoms with van der Waals surface area (Å²) in [7, 11) is 3.11. The fourth-order valence-electron chi connectivity index (χ4n) is 2.94. The average molecular weight is 366 g/mol. The largest absolute Gasteiger partial charge is 0.497 e. The quantitative estimate of drug-likeness (QED) is 0.808. The van der Waals surface area contributed by atoms with Crippen molar-refractivity contribution in [1.29, 1.82) is 0 Å². The lowest BCUT2D eigenvalue weighted by atomic mass is 10.1. The third-order valence-corrected chi connectivity index (χ3v) is 4.56. The van der Waals surface area contributed by atoms with Crippen LogP contribution >= 0.6 is 0 Å². The van der Waals surface area contributed by atoms with E-state index < -0.39 is 0 Å². The van der Waals surface area contributed by atoms with Crippen molar-refractivity contribution in [2.24, 2.45) is 0 Å². The number of benzene rings is 2. The highest BCUT2D eigenvalue weighted by atomic mass is 16.5. The second-order valence-corrected chi connectivity index (χ2v) is 6.25. The Kier molecular flexibility index (Phi) is 5.45. The Bertz CT molecular complexity index is 901. The molecule has 0 aromatic heterocycles. The first-order chi connectivity index (χ1) is 13.0. The van der Waals surface area contributed by atoms with Gasteiger partial charge in [0.2, 0.25) is 0 Å². The molecule has 2 aromatic rings. The number of amides is 1. The van der Waals surface area contributed by atoms with Crippen molar-refractivity contribution in [3.63, 3.8) is 0 Å². The molecule has 0 bridgehead atoms. The summed E-state index contributed by atoms with van der Waals surface area (Å²) in [6, 6.07) is 12.3. The number of allylic oxidation sites excluding steroid dienone is 2. The summed E-state index contributed by atoms with van der Waals surface area (Å²) in [5.74, 6) is 1.07. The van der Waals surface area contributed by atoms with Crippen LogP contribution in [0.15, 0.2) is 53.7 Å². The van der Waals surface area contributed by atoms with Crippen molar-refractivity contribution >= 4 is 23.1 Å². The van der Waals surface area contributed by atoms with Crippen molar-refractivity contribution in [1.82, 2.24) is 0 Å². The zero-order chi connectivity index (χ0) is 19.4. The predicted molar refractivity (Wildman–Crippen MR) is 105 cm³/mol. The van der Waals surface area contributed by atoms with Gasteiger partial charge >= 0.3 is 0 Å². The molecular weight excluding hydrogens is 344 g/mol. The molecule has 0 radical (unpaired) electrons. The lowest BCUT2D eigenvalue weighted by Crippen LogP contribution is -2.13. The van der Waals surface area contributed by atoms with Gasteiger partial charge in [-0.2, -0.15) is 0 Å². The van der Waals surface area contributed by atoms with Crippen LogP contribution in [0.4, 0.5) is 11.4 Å². The van der Waals surface area contributed by atoms with Gasteiger partial charge in [-0.1, -0.05) is 0 Å². The summed E-state index contributed by atoms with van der Waals surface area (Å²) in [6.07, 6.45) is 1.24. The molecule has 2 N–H and O–H groups in total. The van der Waals surface area contributed by atoms with Gasteiger partial charge < -0.3 is 20.1 Å². The number of anilines is 2. The topological polar surface area (TPSA) is 76.7 Å². The SMILES string of the molecule is COc1ccc(NC(=O)c2ccc(NC3=C(C)C(=O)CC3)cc2OC)cc1. The van der Waals surface area contributed by atoms with E-state index in [1.807, 2.05) is 6.92 Å². The Balaban J connectivity index is 1.77. The Hall–Kier alpha value is -3.28. The smallest absolute Gasteiger partial charge is 0.259 e. The van der Waals surface area contributed by atoms with Crippen LogP contribution in [0.3, 0.4) is 0 Å². The molecule has 3 rings (SSSR count). The lowest BCUT2D eigenvalue weighted by molar-refractivity contribution is -0.114. The molecule has 27 heavy (non-hydrogen) atoms. The number of carbonyl (C=O) groups is 2.